The van der Waals surface area contributed by atoms with Gasteiger partial charge in [-0.05, 0) is 52.8 Å². The average Bonchev–Trinajstić information content (AvgIpc) is 3.26. The highest BCUT2D eigenvalue weighted by Crippen LogP contribution is 2.29. The smallest absolute Gasteiger partial charge is 0.180 e. The van der Waals surface area contributed by atoms with Crippen LogP contribution in [0.5, 0.6) is 5.75 Å². The van der Waals surface area contributed by atoms with Gasteiger partial charge in [0.1, 0.15) is 23.6 Å². The number of nitrogens with one attached hydrogen (secondary N) is 3. The van der Waals surface area contributed by atoms with Gasteiger partial charge in [-0.3, -0.25) is 5.10 Å². The Kier molecular flexibility index (Phi) is 10.7. The van der Waals surface area contributed by atoms with Gasteiger partial charge in [-0.1, -0.05) is 0 Å². The van der Waals surface area contributed by atoms with Crippen LogP contribution in [0, 0.1) is 0 Å². The Morgan fingerprint density at radius 2 is 1.83 bits per heavy atom. The molecule has 0 fully saturated rings. The highest BCUT2D eigenvalue weighted by atomic mass is 16.7. The molecule has 0 unspecified atom stereocenters. The molecule has 0 saturated carbocycles. The summed E-state index contributed by atoms with van der Waals surface area (Å²) in [5.74, 6) is 1.54. The minimum atomic E-state index is -0.308. The van der Waals surface area contributed by atoms with Crippen molar-refractivity contribution in [1.29, 1.82) is 0 Å². The Balaban J connectivity index is 1.49. The lowest BCUT2D eigenvalue weighted by Gasteiger charge is -2.18. The number of fused-ring (bicyclic) bond motifs is 1. The first-order chi connectivity index (χ1) is 17.0. The topological polar surface area (TPSA) is 115 Å². The number of aromatic nitrogens is 4. The minimum Gasteiger partial charge on any atom is -0.491 e. The summed E-state index contributed by atoms with van der Waals surface area (Å²) in [6.45, 7) is 13.6. The normalized spacial score (nSPS) is 12.5. The van der Waals surface area contributed by atoms with E-state index in [1.54, 1.807) is 6.33 Å². The Morgan fingerprint density at radius 3 is 2.57 bits per heavy atom. The number of rotatable bonds is 16. The van der Waals surface area contributed by atoms with Gasteiger partial charge in [0.2, 0.25) is 0 Å². The van der Waals surface area contributed by atoms with Crippen molar-refractivity contribution in [2.24, 2.45) is 0 Å². The molecule has 0 saturated heterocycles. The van der Waals surface area contributed by atoms with Crippen LogP contribution in [0.15, 0.2) is 30.6 Å². The van der Waals surface area contributed by atoms with Crippen molar-refractivity contribution in [1.82, 2.24) is 25.5 Å². The Labute approximate surface area is 207 Å². The van der Waals surface area contributed by atoms with E-state index in [-0.39, 0.29) is 18.4 Å². The van der Waals surface area contributed by atoms with E-state index in [1.165, 1.54) is 0 Å². The zero-order valence-corrected chi connectivity index (χ0v) is 21.3. The summed E-state index contributed by atoms with van der Waals surface area (Å²) < 4.78 is 22.5. The molecule has 0 amide bonds. The fourth-order valence-corrected chi connectivity index (χ4v) is 3.52. The molecule has 0 bridgehead atoms. The third kappa shape index (κ3) is 8.43. The lowest BCUT2D eigenvalue weighted by molar-refractivity contribution is -0.166. The van der Waals surface area contributed by atoms with Gasteiger partial charge in [-0.25, -0.2) is 9.97 Å². The lowest BCUT2D eigenvalue weighted by atomic mass is 10.1. The van der Waals surface area contributed by atoms with Crippen LogP contribution in [0.2, 0.25) is 0 Å². The maximum atomic E-state index is 5.84. The van der Waals surface area contributed by atoms with Crippen LogP contribution in [-0.4, -0.2) is 78.1 Å². The summed E-state index contributed by atoms with van der Waals surface area (Å²) in [6.07, 6.45) is 1.34. The molecule has 192 valence electrons. The fraction of sp³-hybridized carbons (Fsp3) is 0.560. The molecule has 0 aliphatic carbocycles. The van der Waals surface area contributed by atoms with Crippen LogP contribution in [0.1, 0.15) is 34.6 Å². The molecule has 0 aliphatic rings. The van der Waals surface area contributed by atoms with Crippen molar-refractivity contribution in [3.8, 4) is 17.1 Å². The van der Waals surface area contributed by atoms with Crippen LogP contribution in [-0.2, 0) is 14.2 Å². The van der Waals surface area contributed by atoms with Gasteiger partial charge in [0.15, 0.2) is 6.29 Å². The molecule has 0 aliphatic heterocycles. The van der Waals surface area contributed by atoms with E-state index in [2.05, 4.69) is 37.7 Å². The molecule has 10 nitrogen and oxygen atoms in total. The van der Waals surface area contributed by atoms with Crippen LogP contribution in [0.3, 0.4) is 0 Å². The first-order valence-corrected chi connectivity index (χ1v) is 12.3. The highest BCUT2D eigenvalue weighted by molar-refractivity contribution is 5.93. The molecule has 35 heavy (non-hydrogen) atoms. The van der Waals surface area contributed by atoms with E-state index in [0.717, 1.165) is 40.4 Å². The quantitative estimate of drug-likeness (QED) is 0.206. The maximum Gasteiger partial charge on any atom is 0.180 e. The summed E-state index contributed by atoms with van der Waals surface area (Å²) in [4.78, 5) is 8.79. The van der Waals surface area contributed by atoms with Gasteiger partial charge >= 0.3 is 0 Å². The van der Waals surface area contributed by atoms with Crippen molar-refractivity contribution < 1.29 is 18.9 Å². The van der Waals surface area contributed by atoms with E-state index in [9.17, 15) is 0 Å². The third-order valence-electron chi connectivity index (χ3n) is 5.10. The summed E-state index contributed by atoms with van der Waals surface area (Å²) >= 11 is 0. The zero-order valence-electron chi connectivity index (χ0n) is 21.3. The molecule has 3 aromatic rings. The molecule has 2 aromatic heterocycles. The number of aromatic amines is 1. The first kappa shape index (κ1) is 26.8. The van der Waals surface area contributed by atoms with Crippen LogP contribution >= 0.6 is 0 Å². The van der Waals surface area contributed by atoms with Crippen molar-refractivity contribution in [2.45, 2.75) is 53.1 Å². The van der Waals surface area contributed by atoms with Gasteiger partial charge in [0.25, 0.3) is 0 Å². The molecule has 1 atom stereocenters. The monoisotopic (exact) mass is 486 g/mol. The summed E-state index contributed by atoms with van der Waals surface area (Å²) in [5.41, 5.74) is 2.43. The SMILES string of the molecule is CCOC(COCCN[C@@H](C)CNc1cc(-c2n[nH]c3ccc(OC(C)C)cc23)ncn1)OCC. The summed E-state index contributed by atoms with van der Waals surface area (Å²) in [5, 5.41) is 15.3. The predicted molar refractivity (Wildman–Crippen MR) is 137 cm³/mol. The summed E-state index contributed by atoms with van der Waals surface area (Å²) in [7, 11) is 0. The molecule has 0 radical (unpaired) electrons. The number of ether oxygens (including phenoxy) is 4. The second-order valence-electron chi connectivity index (χ2n) is 8.39. The lowest BCUT2D eigenvalue weighted by Crippen LogP contribution is -2.35. The number of nitrogens with zero attached hydrogens (tertiary/aromatic N) is 3. The molecule has 0 spiro atoms. The van der Waals surface area contributed by atoms with E-state index >= 15 is 0 Å². The van der Waals surface area contributed by atoms with E-state index in [0.29, 0.717) is 33.0 Å². The van der Waals surface area contributed by atoms with Crippen molar-refractivity contribution in [3.05, 3.63) is 30.6 Å². The average molecular weight is 487 g/mol. The van der Waals surface area contributed by atoms with Gasteiger partial charge in [-0.2, -0.15) is 5.10 Å². The number of hydrogen-bond acceptors (Lipinski definition) is 9. The van der Waals surface area contributed by atoms with Crippen molar-refractivity contribution in [3.63, 3.8) is 0 Å². The summed E-state index contributed by atoms with van der Waals surface area (Å²) in [6, 6.07) is 8.02. The van der Waals surface area contributed by atoms with Crippen molar-refractivity contribution in [2.75, 3.05) is 44.8 Å². The largest absolute Gasteiger partial charge is 0.491 e. The fourth-order valence-electron chi connectivity index (χ4n) is 3.52. The second-order valence-corrected chi connectivity index (χ2v) is 8.39. The predicted octanol–water partition coefficient (Wildman–Crippen LogP) is 3.61. The number of hydrogen-bond donors (Lipinski definition) is 3. The van der Waals surface area contributed by atoms with Crippen LogP contribution < -0.4 is 15.4 Å². The standard InChI is InChI=1S/C25H38N6O4/c1-6-33-24(34-7-2)15-32-11-10-26-18(5)14-27-23-13-22(28-16-29-23)25-20-12-19(35-17(3)4)8-9-21(20)30-31-25/h8-9,12-13,16-18,24,26H,6-7,10-11,14-15H2,1-5H3,(H,30,31)(H,27,28,29)/t18-/m0/s1. The molecule has 3 N–H and O–H groups in total. The molecule has 2 heterocycles. The number of H-pyrrole nitrogens is 1. The molecular formula is C25H38N6O4. The van der Waals surface area contributed by atoms with Crippen molar-refractivity contribution >= 4 is 16.7 Å². The third-order valence-corrected chi connectivity index (χ3v) is 5.10. The molecule has 1 aromatic carbocycles. The van der Waals surface area contributed by atoms with Crippen LogP contribution in [0.4, 0.5) is 5.82 Å². The van der Waals surface area contributed by atoms with E-state index < -0.39 is 0 Å². The first-order valence-electron chi connectivity index (χ1n) is 12.3. The molecular weight excluding hydrogens is 448 g/mol. The zero-order chi connectivity index (χ0) is 25.0. The van der Waals surface area contributed by atoms with Gasteiger partial charge in [0, 0.05) is 43.8 Å². The van der Waals surface area contributed by atoms with Gasteiger partial charge in [0.05, 0.1) is 30.5 Å². The molecule has 3 rings (SSSR count). The maximum absolute atomic E-state index is 5.84. The number of anilines is 1. The minimum absolute atomic E-state index is 0.0990. The van der Waals surface area contributed by atoms with Gasteiger partial charge < -0.3 is 29.6 Å². The second kappa shape index (κ2) is 13.9. The number of benzene rings is 1. The van der Waals surface area contributed by atoms with E-state index in [4.69, 9.17) is 18.9 Å². The van der Waals surface area contributed by atoms with Crippen LogP contribution in [0.25, 0.3) is 22.3 Å². The van der Waals surface area contributed by atoms with E-state index in [1.807, 2.05) is 52.0 Å². The Hall–Kier alpha value is -2.79. The van der Waals surface area contributed by atoms with Gasteiger partial charge in [-0.15, -0.1) is 0 Å². The molecule has 10 heteroatoms. The Morgan fingerprint density at radius 1 is 1.03 bits per heavy atom. The highest BCUT2D eigenvalue weighted by Gasteiger charge is 2.13. The Bertz CT molecular complexity index is 1020.